The molecule has 0 amide bonds. The molecule has 0 aliphatic carbocycles. The molecule has 0 saturated carbocycles. The van der Waals surface area contributed by atoms with Crippen molar-refractivity contribution in [3.8, 4) is 11.1 Å². The third-order valence-corrected chi connectivity index (χ3v) is 8.15. The summed E-state index contributed by atoms with van der Waals surface area (Å²) >= 11 is 0. The van der Waals surface area contributed by atoms with E-state index in [2.05, 4.69) is 6.07 Å². The van der Waals surface area contributed by atoms with Gasteiger partial charge in [-0.3, -0.25) is 9.59 Å². The summed E-state index contributed by atoms with van der Waals surface area (Å²) in [6.45, 7) is 3.57. The van der Waals surface area contributed by atoms with Crippen LogP contribution in [0.25, 0.3) is 22.0 Å². The van der Waals surface area contributed by atoms with E-state index in [1.165, 1.54) is 0 Å². The van der Waals surface area contributed by atoms with Crippen molar-refractivity contribution in [2.24, 2.45) is 0 Å². The molecule has 0 bridgehead atoms. The molecule has 6 nitrogen and oxygen atoms in total. The molecule has 0 spiro atoms. The molecule has 1 unspecified atom stereocenters. The molecular formula is C35H31NO5. The second kappa shape index (κ2) is 10.6. The Morgan fingerprint density at radius 1 is 0.829 bits per heavy atom. The first-order valence-corrected chi connectivity index (χ1v) is 13.7. The molecule has 6 heteroatoms. The van der Waals surface area contributed by atoms with Gasteiger partial charge in [-0.25, -0.2) is 0 Å². The number of carbonyl (C=O) groups excluding carboxylic acids is 2. The monoisotopic (exact) mass is 545 g/mol. The first-order chi connectivity index (χ1) is 19.8. The molecule has 4 aromatic carbocycles. The largest absolute Gasteiger partial charge is 0.382 e. The molecular weight excluding hydrogens is 514 g/mol. The van der Waals surface area contributed by atoms with Crippen molar-refractivity contribution in [1.29, 1.82) is 0 Å². The molecule has 1 aliphatic heterocycles. The van der Waals surface area contributed by atoms with Crippen LogP contribution in [0, 0.1) is 13.8 Å². The maximum Gasteiger partial charge on any atom is 0.197 e. The van der Waals surface area contributed by atoms with Crippen molar-refractivity contribution < 1.29 is 24.5 Å². The number of aromatic nitrogens is 1. The van der Waals surface area contributed by atoms with Gasteiger partial charge in [-0.05, 0) is 54.3 Å². The smallest absolute Gasteiger partial charge is 0.197 e. The number of aliphatic hydroxyl groups is 2. The lowest BCUT2D eigenvalue weighted by molar-refractivity contribution is -0.0901. The molecule has 206 valence electrons. The van der Waals surface area contributed by atoms with Gasteiger partial charge in [-0.15, -0.1) is 0 Å². The highest BCUT2D eigenvalue weighted by molar-refractivity contribution is 6.06. The summed E-state index contributed by atoms with van der Waals surface area (Å²) in [5, 5.41) is 24.4. The lowest BCUT2D eigenvalue weighted by Gasteiger charge is -2.30. The molecule has 41 heavy (non-hydrogen) atoms. The number of benzene rings is 4. The number of ether oxygens (including phenoxy) is 1. The average Bonchev–Trinajstić information content (AvgIpc) is 3.58. The number of rotatable bonds is 7. The van der Waals surface area contributed by atoms with Crippen molar-refractivity contribution in [2.75, 3.05) is 0 Å². The molecule has 5 aromatic rings. The van der Waals surface area contributed by atoms with E-state index in [4.69, 9.17) is 4.74 Å². The number of carbonyl (C=O) groups is 2. The van der Waals surface area contributed by atoms with Crippen molar-refractivity contribution in [3.63, 3.8) is 0 Å². The molecule has 2 N–H and O–H groups in total. The highest BCUT2D eigenvalue weighted by atomic mass is 16.6. The van der Waals surface area contributed by atoms with Crippen LogP contribution in [0.2, 0.25) is 0 Å². The fourth-order valence-corrected chi connectivity index (χ4v) is 5.87. The summed E-state index contributed by atoms with van der Waals surface area (Å²) in [7, 11) is 0. The molecule has 1 aromatic heterocycles. The van der Waals surface area contributed by atoms with E-state index >= 15 is 0 Å². The molecule has 2 heterocycles. The Hall–Kier alpha value is -4.36. The average molecular weight is 546 g/mol. The van der Waals surface area contributed by atoms with Gasteiger partial charge in [0.2, 0.25) is 0 Å². The Bertz CT molecular complexity index is 1760. The third-order valence-electron chi connectivity index (χ3n) is 8.15. The molecule has 4 atom stereocenters. The van der Waals surface area contributed by atoms with Gasteiger partial charge in [0.25, 0.3) is 0 Å². The summed E-state index contributed by atoms with van der Waals surface area (Å²) in [4.78, 5) is 27.4. The van der Waals surface area contributed by atoms with Gasteiger partial charge < -0.3 is 19.5 Å². The summed E-state index contributed by atoms with van der Waals surface area (Å²) in [5.74, 6) is -1.18. The summed E-state index contributed by atoms with van der Waals surface area (Å²) < 4.78 is 8.14. The minimum Gasteiger partial charge on any atom is -0.382 e. The maximum atomic E-state index is 13.9. The van der Waals surface area contributed by atoms with Gasteiger partial charge >= 0.3 is 0 Å². The predicted molar refractivity (Wildman–Crippen MR) is 158 cm³/mol. The molecule has 1 aliphatic rings. The Morgan fingerprint density at radius 2 is 1.46 bits per heavy atom. The number of hydrogen-bond donors (Lipinski definition) is 2. The minimum atomic E-state index is -2.14. The van der Waals surface area contributed by atoms with E-state index in [0.29, 0.717) is 22.3 Å². The number of Topliss-reactive ketones (excluding diaryl/α,β-unsaturated/α-hetero) is 2. The summed E-state index contributed by atoms with van der Waals surface area (Å²) in [5.41, 5.74) is 2.87. The van der Waals surface area contributed by atoms with E-state index in [9.17, 15) is 19.8 Å². The lowest BCUT2D eigenvalue weighted by atomic mass is 9.81. The van der Waals surface area contributed by atoms with Gasteiger partial charge in [0, 0.05) is 29.1 Å². The van der Waals surface area contributed by atoms with Gasteiger partial charge in [0.05, 0.1) is 5.52 Å². The number of hydrogen-bond acceptors (Lipinski definition) is 5. The summed E-state index contributed by atoms with van der Waals surface area (Å²) in [6, 6.07) is 32.0. The Morgan fingerprint density at radius 3 is 2.15 bits per heavy atom. The van der Waals surface area contributed by atoms with E-state index in [1.54, 1.807) is 56.3 Å². The fraction of sp³-hybridized carbons (Fsp3) is 0.200. The minimum absolute atomic E-state index is 0.132. The second-order valence-corrected chi connectivity index (χ2v) is 10.8. The first-order valence-electron chi connectivity index (χ1n) is 13.7. The number of aryl methyl sites for hydroxylation is 2. The number of ketones is 2. The number of aliphatic hydroxyl groups excluding tert-OH is 1. The standard InChI is InChI=1S/C35H31NO5/c1-22-10-6-8-14-27(22)31(37)32(38)34-35(40,33(39)28-15-9-7-11-23(28)2)21-30(41-34)36-19-18-26-20-25(16-17-29(26)36)24-12-4-3-5-13-24/h3-20,30,32,34,38,40H,21H2,1-2H3/t30-,32?,34+,35+/m0/s1. The number of nitrogens with zero attached hydrogens (tertiary/aromatic N) is 1. The number of fused-ring (bicyclic) bond motifs is 1. The van der Waals surface area contributed by atoms with Crippen LogP contribution in [-0.2, 0) is 4.74 Å². The van der Waals surface area contributed by atoms with Crippen LogP contribution in [0.1, 0.15) is 44.5 Å². The van der Waals surface area contributed by atoms with Crippen molar-refractivity contribution in [2.45, 2.75) is 44.3 Å². The second-order valence-electron chi connectivity index (χ2n) is 10.8. The van der Waals surface area contributed by atoms with Crippen molar-refractivity contribution in [3.05, 3.63) is 132 Å². The molecule has 1 saturated heterocycles. The highest BCUT2D eigenvalue weighted by Gasteiger charge is 2.57. The predicted octanol–water partition coefficient (Wildman–Crippen LogP) is 6.07. The van der Waals surface area contributed by atoms with E-state index in [0.717, 1.165) is 22.0 Å². The zero-order valence-electron chi connectivity index (χ0n) is 22.9. The Kier molecular flexibility index (Phi) is 6.91. The van der Waals surface area contributed by atoms with Gasteiger partial charge in [0.15, 0.2) is 17.2 Å². The van der Waals surface area contributed by atoms with Crippen LogP contribution in [0.4, 0.5) is 0 Å². The van der Waals surface area contributed by atoms with Gasteiger partial charge in [-0.2, -0.15) is 0 Å². The van der Waals surface area contributed by atoms with E-state index in [-0.39, 0.29) is 6.42 Å². The van der Waals surface area contributed by atoms with Crippen molar-refractivity contribution in [1.82, 2.24) is 4.57 Å². The van der Waals surface area contributed by atoms with Crippen LogP contribution < -0.4 is 0 Å². The zero-order chi connectivity index (χ0) is 28.7. The third kappa shape index (κ3) is 4.70. The van der Waals surface area contributed by atoms with Gasteiger partial charge in [-0.1, -0.05) is 84.9 Å². The molecule has 1 fully saturated rings. The Balaban J connectivity index is 1.39. The van der Waals surface area contributed by atoms with Crippen LogP contribution in [0.5, 0.6) is 0 Å². The Labute approximate surface area is 238 Å². The zero-order valence-corrected chi connectivity index (χ0v) is 22.9. The van der Waals surface area contributed by atoms with Crippen molar-refractivity contribution >= 4 is 22.5 Å². The highest BCUT2D eigenvalue weighted by Crippen LogP contribution is 2.43. The quantitative estimate of drug-likeness (QED) is 0.242. The van der Waals surface area contributed by atoms with Crippen LogP contribution in [0.3, 0.4) is 0 Å². The fourth-order valence-electron chi connectivity index (χ4n) is 5.87. The topological polar surface area (TPSA) is 88.8 Å². The summed E-state index contributed by atoms with van der Waals surface area (Å²) in [6.07, 6.45) is -2.32. The van der Waals surface area contributed by atoms with Gasteiger partial charge in [0.1, 0.15) is 18.4 Å². The van der Waals surface area contributed by atoms with Crippen LogP contribution in [0.15, 0.2) is 109 Å². The van der Waals surface area contributed by atoms with Crippen LogP contribution >= 0.6 is 0 Å². The first kappa shape index (κ1) is 26.8. The van der Waals surface area contributed by atoms with E-state index < -0.39 is 35.6 Å². The SMILES string of the molecule is Cc1ccccc1C(=O)C(O)[C@H]1O[C@H](n2ccc3cc(-c4ccccc4)ccc32)C[C@@]1(O)C(=O)c1ccccc1C. The maximum absolute atomic E-state index is 13.9. The molecule has 6 rings (SSSR count). The van der Waals surface area contributed by atoms with Crippen LogP contribution in [-0.4, -0.2) is 44.2 Å². The lowest BCUT2D eigenvalue weighted by Crippen LogP contribution is -2.54. The van der Waals surface area contributed by atoms with E-state index in [1.807, 2.05) is 65.4 Å². The molecule has 0 radical (unpaired) electrons. The normalized spacial score (nSPS) is 21.2.